The van der Waals surface area contributed by atoms with Crippen molar-refractivity contribution < 1.29 is 4.79 Å². The van der Waals surface area contributed by atoms with Gasteiger partial charge in [0.05, 0.1) is 10.7 Å². The Morgan fingerprint density at radius 3 is 3.00 bits per heavy atom. The van der Waals surface area contributed by atoms with Crippen LogP contribution in [-0.2, 0) is 4.79 Å². The van der Waals surface area contributed by atoms with E-state index in [1.54, 1.807) is 18.3 Å². The number of hydrogen-bond acceptors (Lipinski definition) is 3. The maximum Gasteiger partial charge on any atom is 0.243 e. The van der Waals surface area contributed by atoms with Gasteiger partial charge in [0.25, 0.3) is 0 Å². The second-order valence-electron chi connectivity index (χ2n) is 4.04. The molecule has 0 bridgehead atoms. The summed E-state index contributed by atoms with van der Waals surface area (Å²) in [5, 5.41) is 6.26. The summed E-state index contributed by atoms with van der Waals surface area (Å²) in [7, 11) is 0. The molecule has 0 radical (unpaired) electrons. The smallest absolute Gasteiger partial charge is 0.243 e. The molecule has 1 aromatic heterocycles. The lowest BCUT2D eigenvalue weighted by Crippen LogP contribution is -2.32. The van der Waals surface area contributed by atoms with Gasteiger partial charge in [0, 0.05) is 25.5 Å². The molecule has 1 aromatic rings. The van der Waals surface area contributed by atoms with Gasteiger partial charge < -0.3 is 0 Å². The van der Waals surface area contributed by atoms with Gasteiger partial charge in [-0.3, -0.25) is 9.78 Å². The van der Waals surface area contributed by atoms with Gasteiger partial charge in [0.2, 0.25) is 5.91 Å². The second kappa shape index (κ2) is 6.35. The molecule has 0 atom stereocenters. The average molecular weight is 276 g/mol. The highest BCUT2D eigenvalue weighted by atomic mass is 35.5. The molecule has 1 aliphatic heterocycles. The molecule has 0 unspecified atom stereocenters. The molecule has 98 valence electrons. The third kappa shape index (κ3) is 3.33. The Labute approximate surface area is 117 Å². The molecule has 2 heterocycles. The van der Waals surface area contributed by atoms with Gasteiger partial charge in [-0.2, -0.15) is 5.10 Å². The first kappa shape index (κ1) is 13.6. The summed E-state index contributed by atoms with van der Waals surface area (Å²) in [4.78, 5) is 16.0. The van der Waals surface area contributed by atoms with Crippen LogP contribution in [0.15, 0.2) is 23.4 Å². The van der Waals surface area contributed by atoms with Crippen LogP contribution < -0.4 is 0 Å². The van der Waals surface area contributed by atoms with E-state index in [1.807, 2.05) is 6.92 Å². The molecular weight excluding hydrogens is 262 g/mol. The van der Waals surface area contributed by atoms with E-state index in [2.05, 4.69) is 21.9 Å². The van der Waals surface area contributed by atoms with Gasteiger partial charge in [0.1, 0.15) is 12.2 Å². The van der Waals surface area contributed by atoms with Gasteiger partial charge in [-0.15, -0.1) is 5.92 Å². The molecule has 0 saturated carbocycles. The normalized spacial score (nSPS) is 14.7. The fraction of sp³-hybridized carbons (Fsp3) is 0.357. The SMILES string of the molecule is CCC#CCN1N=C(c2ncccc2Cl)CCC1=O. The zero-order chi connectivity index (χ0) is 13.7. The zero-order valence-electron chi connectivity index (χ0n) is 10.7. The molecule has 0 aliphatic carbocycles. The van der Waals surface area contributed by atoms with Crippen molar-refractivity contribution in [3.8, 4) is 11.8 Å². The molecule has 0 aromatic carbocycles. The first-order valence-electron chi connectivity index (χ1n) is 6.17. The highest BCUT2D eigenvalue weighted by Gasteiger charge is 2.22. The number of carbonyl (C=O) groups is 1. The highest BCUT2D eigenvalue weighted by molar-refractivity contribution is 6.34. The van der Waals surface area contributed by atoms with Crippen molar-refractivity contribution >= 4 is 23.2 Å². The lowest BCUT2D eigenvalue weighted by molar-refractivity contribution is -0.131. The summed E-state index contributed by atoms with van der Waals surface area (Å²) in [6, 6.07) is 3.54. The summed E-state index contributed by atoms with van der Waals surface area (Å²) in [6.07, 6.45) is 3.42. The largest absolute Gasteiger partial charge is 0.273 e. The standard InChI is InChI=1S/C14H14ClN3O/c1-2-3-4-10-18-13(19)8-7-12(17-18)14-11(15)6-5-9-16-14/h5-6,9H,2,7-8,10H2,1H3. The van der Waals surface area contributed by atoms with Gasteiger partial charge in [-0.1, -0.05) is 24.4 Å². The summed E-state index contributed by atoms with van der Waals surface area (Å²) in [5.74, 6) is 5.83. The number of rotatable bonds is 2. The van der Waals surface area contributed by atoms with Crippen molar-refractivity contribution in [2.45, 2.75) is 26.2 Å². The fourth-order valence-electron chi connectivity index (χ4n) is 1.75. The Kier molecular flexibility index (Phi) is 4.53. The first-order valence-corrected chi connectivity index (χ1v) is 6.54. The van der Waals surface area contributed by atoms with E-state index in [0.29, 0.717) is 30.1 Å². The van der Waals surface area contributed by atoms with E-state index in [4.69, 9.17) is 11.6 Å². The number of amides is 1. The number of halogens is 1. The Hall–Kier alpha value is -1.86. The van der Waals surface area contributed by atoms with Gasteiger partial charge in [-0.25, -0.2) is 5.01 Å². The Bertz CT molecular complexity index is 572. The Balaban J connectivity index is 2.24. The predicted molar refractivity (Wildman–Crippen MR) is 74.8 cm³/mol. The monoisotopic (exact) mass is 275 g/mol. The fourth-order valence-corrected chi connectivity index (χ4v) is 1.98. The van der Waals surface area contributed by atoms with Crippen LogP contribution in [0.3, 0.4) is 0 Å². The molecule has 2 rings (SSSR count). The van der Waals surface area contributed by atoms with Crippen LogP contribution in [-0.4, -0.2) is 28.2 Å². The van der Waals surface area contributed by atoms with Crippen molar-refractivity contribution in [2.24, 2.45) is 5.10 Å². The quantitative estimate of drug-likeness (QED) is 0.779. The van der Waals surface area contributed by atoms with Crippen LogP contribution in [0.2, 0.25) is 5.02 Å². The van der Waals surface area contributed by atoms with Crippen molar-refractivity contribution in [3.05, 3.63) is 29.0 Å². The zero-order valence-corrected chi connectivity index (χ0v) is 11.4. The molecule has 19 heavy (non-hydrogen) atoms. The number of hydrogen-bond donors (Lipinski definition) is 0. The summed E-state index contributed by atoms with van der Waals surface area (Å²) >= 11 is 6.09. The minimum atomic E-state index is -0.0128. The maximum atomic E-state index is 11.7. The molecule has 4 nitrogen and oxygen atoms in total. The van der Waals surface area contributed by atoms with E-state index in [0.717, 1.165) is 12.1 Å². The molecule has 1 aliphatic rings. The highest BCUT2D eigenvalue weighted by Crippen LogP contribution is 2.19. The van der Waals surface area contributed by atoms with Gasteiger partial charge in [0.15, 0.2) is 0 Å². The molecule has 0 N–H and O–H groups in total. The number of carbonyl (C=O) groups excluding carboxylic acids is 1. The van der Waals surface area contributed by atoms with Crippen molar-refractivity contribution in [2.75, 3.05) is 6.54 Å². The molecule has 0 saturated heterocycles. The van der Waals surface area contributed by atoms with E-state index < -0.39 is 0 Å². The lowest BCUT2D eigenvalue weighted by Gasteiger charge is -2.21. The van der Waals surface area contributed by atoms with Crippen LogP contribution in [0.5, 0.6) is 0 Å². The summed E-state index contributed by atoms with van der Waals surface area (Å²) in [5.41, 5.74) is 1.38. The third-order valence-electron chi connectivity index (χ3n) is 2.67. The van der Waals surface area contributed by atoms with Crippen LogP contribution in [0.4, 0.5) is 0 Å². The van der Waals surface area contributed by atoms with Gasteiger partial charge in [-0.05, 0) is 12.1 Å². The topological polar surface area (TPSA) is 45.6 Å². The minimum Gasteiger partial charge on any atom is -0.273 e. The van der Waals surface area contributed by atoms with E-state index in [1.165, 1.54) is 5.01 Å². The van der Waals surface area contributed by atoms with Crippen LogP contribution in [0.25, 0.3) is 0 Å². The third-order valence-corrected chi connectivity index (χ3v) is 2.97. The lowest BCUT2D eigenvalue weighted by atomic mass is 10.1. The average Bonchev–Trinajstić information content (AvgIpc) is 2.42. The Morgan fingerprint density at radius 2 is 2.26 bits per heavy atom. The van der Waals surface area contributed by atoms with Crippen molar-refractivity contribution in [1.82, 2.24) is 9.99 Å². The minimum absolute atomic E-state index is 0.0128. The number of aromatic nitrogens is 1. The van der Waals surface area contributed by atoms with E-state index >= 15 is 0 Å². The number of hydrazone groups is 1. The molecule has 5 heteroatoms. The second-order valence-corrected chi connectivity index (χ2v) is 4.45. The van der Waals surface area contributed by atoms with Gasteiger partial charge >= 0.3 is 0 Å². The van der Waals surface area contributed by atoms with Crippen molar-refractivity contribution in [1.29, 1.82) is 0 Å². The van der Waals surface area contributed by atoms with Crippen LogP contribution in [0, 0.1) is 11.8 Å². The molecule has 0 fully saturated rings. The van der Waals surface area contributed by atoms with Crippen LogP contribution >= 0.6 is 11.6 Å². The Morgan fingerprint density at radius 1 is 1.42 bits per heavy atom. The number of pyridine rings is 1. The van der Waals surface area contributed by atoms with Crippen molar-refractivity contribution in [3.63, 3.8) is 0 Å². The summed E-state index contributed by atoms with van der Waals surface area (Å²) in [6.45, 7) is 2.29. The number of nitrogens with zero attached hydrogens (tertiary/aromatic N) is 3. The predicted octanol–water partition coefficient (Wildman–Crippen LogP) is 2.47. The summed E-state index contributed by atoms with van der Waals surface area (Å²) < 4.78 is 0. The maximum absolute atomic E-state index is 11.7. The molecular formula is C14H14ClN3O. The van der Waals surface area contributed by atoms with E-state index in [9.17, 15) is 4.79 Å². The molecule has 1 amide bonds. The van der Waals surface area contributed by atoms with Crippen LogP contribution in [0.1, 0.15) is 31.9 Å². The van der Waals surface area contributed by atoms with E-state index in [-0.39, 0.29) is 5.91 Å². The molecule has 0 spiro atoms. The first-order chi connectivity index (χ1) is 9.22.